The molecule has 184 valence electrons. The zero-order valence-electron chi connectivity index (χ0n) is 19.6. The van der Waals surface area contributed by atoms with Crippen LogP contribution in [0.1, 0.15) is 48.7 Å². The van der Waals surface area contributed by atoms with Gasteiger partial charge in [-0.3, -0.25) is 9.59 Å². The predicted molar refractivity (Wildman–Crippen MR) is 135 cm³/mol. The second kappa shape index (κ2) is 11.0. The van der Waals surface area contributed by atoms with Gasteiger partial charge in [0, 0.05) is 4.88 Å². The van der Waals surface area contributed by atoms with Gasteiger partial charge in [0.1, 0.15) is 10.8 Å². The number of aryl methyl sites for hydroxylation is 2. The summed E-state index contributed by atoms with van der Waals surface area (Å²) < 4.78 is 10.2. The van der Waals surface area contributed by atoms with E-state index in [1.165, 1.54) is 24.7 Å². The molecule has 0 fully saturated rings. The molecule has 1 heterocycles. The fraction of sp³-hybridized carbons (Fsp3) is 0.192. The molecule has 4 rings (SSSR count). The number of fused-ring (bicyclic) bond motifs is 1. The van der Waals surface area contributed by atoms with Gasteiger partial charge in [-0.2, -0.15) is 5.10 Å². The van der Waals surface area contributed by atoms with E-state index in [2.05, 4.69) is 15.8 Å². The quantitative estimate of drug-likeness (QED) is 0.173. The topological polar surface area (TPSA) is 123 Å². The van der Waals surface area contributed by atoms with Crippen molar-refractivity contribution in [3.8, 4) is 5.75 Å². The Hall–Kier alpha value is -4.31. The molecule has 2 amide bonds. The second-order valence-electron chi connectivity index (χ2n) is 8.03. The summed E-state index contributed by atoms with van der Waals surface area (Å²) in [6.45, 7) is 1.93. The van der Waals surface area contributed by atoms with Gasteiger partial charge in [-0.05, 0) is 73.7 Å². The van der Waals surface area contributed by atoms with Crippen molar-refractivity contribution in [2.75, 3.05) is 12.4 Å². The van der Waals surface area contributed by atoms with Gasteiger partial charge >= 0.3 is 23.8 Å². The first-order chi connectivity index (χ1) is 17.4. The van der Waals surface area contributed by atoms with Crippen LogP contribution in [0.25, 0.3) is 0 Å². The van der Waals surface area contributed by atoms with E-state index in [1.54, 1.807) is 36.4 Å². The van der Waals surface area contributed by atoms with Crippen LogP contribution < -0.4 is 15.5 Å². The van der Waals surface area contributed by atoms with Gasteiger partial charge in [0.25, 0.3) is 0 Å². The molecule has 0 unspecified atom stereocenters. The molecule has 10 heteroatoms. The van der Waals surface area contributed by atoms with Gasteiger partial charge in [-0.25, -0.2) is 15.0 Å². The summed E-state index contributed by atoms with van der Waals surface area (Å²) >= 11 is 1.28. The molecule has 0 saturated heterocycles. The zero-order valence-corrected chi connectivity index (χ0v) is 20.4. The molecule has 36 heavy (non-hydrogen) atoms. The number of hydrogen-bond acceptors (Lipinski definition) is 8. The van der Waals surface area contributed by atoms with E-state index in [0.717, 1.165) is 35.3 Å². The highest BCUT2D eigenvalue weighted by Crippen LogP contribution is 2.39. The lowest BCUT2D eigenvalue weighted by atomic mass is 10.1. The number of hydrazone groups is 1. The van der Waals surface area contributed by atoms with Crippen LogP contribution in [0.2, 0.25) is 0 Å². The van der Waals surface area contributed by atoms with E-state index in [9.17, 15) is 19.2 Å². The Morgan fingerprint density at radius 1 is 0.944 bits per heavy atom. The van der Waals surface area contributed by atoms with E-state index in [0.29, 0.717) is 27.4 Å². The summed E-state index contributed by atoms with van der Waals surface area (Å²) in [7, 11) is 1.27. The molecule has 3 aromatic rings. The maximum absolute atomic E-state index is 12.3. The summed E-state index contributed by atoms with van der Waals surface area (Å²) in [5.41, 5.74) is 5.42. The number of hydrogen-bond donors (Lipinski definition) is 2. The van der Waals surface area contributed by atoms with Crippen LogP contribution >= 0.6 is 11.3 Å². The average Bonchev–Trinajstić information content (AvgIpc) is 3.46. The highest BCUT2D eigenvalue weighted by Gasteiger charge is 2.29. The number of carbonyl (C=O) groups excluding carboxylic acids is 4. The van der Waals surface area contributed by atoms with Crippen LogP contribution in [0, 0.1) is 6.92 Å². The first-order valence-corrected chi connectivity index (χ1v) is 11.9. The third-order valence-corrected chi connectivity index (χ3v) is 6.71. The van der Waals surface area contributed by atoms with Crippen molar-refractivity contribution in [3.05, 3.63) is 81.2 Å². The number of methoxy groups -OCH3 is 1. The van der Waals surface area contributed by atoms with Gasteiger partial charge < -0.3 is 14.8 Å². The predicted octanol–water partition coefficient (Wildman–Crippen LogP) is 3.64. The smallest absolute Gasteiger partial charge is 0.343 e. The van der Waals surface area contributed by atoms with Crippen molar-refractivity contribution in [3.63, 3.8) is 0 Å². The SMILES string of the molecule is COC(=O)c1c(NC(=O)C(=O)N/N=C/c2ccc(OC(=O)c3ccc(C)cc3)cc2)sc2c1CCC2. The first kappa shape index (κ1) is 24.8. The van der Waals surface area contributed by atoms with Crippen LogP contribution in [0.5, 0.6) is 5.75 Å². The lowest BCUT2D eigenvalue weighted by Crippen LogP contribution is -2.32. The number of nitrogens with zero attached hydrogens (tertiary/aromatic N) is 1. The summed E-state index contributed by atoms with van der Waals surface area (Å²) in [4.78, 5) is 49.9. The van der Waals surface area contributed by atoms with Crippen molar-refractivity contribution in [2.24, 2.45) is 5.10 Å². The van der Waals surface area contributed by atoms with Gasteiger partial charge in [-0.1, -0.05) is 17.7 Å². The van der Waals surface area contributed by atoms with Crippen molar-refractivity contribution >= 4 is 46.3 Å². The summed E-state index contributed by atoms with van der Waals surface area (Å²) in [6.07, 6.45) is 3.83. The van der Waals surface area contributed by atoms with Crippen molar-refractivity contribution < 1.29 is 28.7 Å². The number of nitrogens with one attached hydrogen (secondary N) is 2. The minimum Gasteiger partial charge on any atom is -0.465 e. The number of thiophene rings is 1. The number of amides is 2. The standard InChI is InChI=1S/C26H23N3O6S/c1-15-6-10-17(11-7-15)25(32)35-18-12-8-16(9-13-18)14-27-29-23(31)22(30)28-24-21(26(33)34-2)19-4-3-5-20(19)36-24/h6-14H,3-5H2,1-2H3,(H,28,30)(H,29,31)/b27-14+. The molecule has 0 radical (unpaired) electrons. The molecule has 9 nitrogen and oxygen atoms in total. The fourth-order valence-electron chi connectivity index (χ4n) is 3.66. The third-order valence-electron chi connectivity index (χ3n) is 5.50. The molecule has 1 aromatic heterocycles. The first-order valence-electron chi connectivity index (χ1n) is 11.1. The van der Waals surface area contributed by atoms with Crippen molar-refractivity contribution in [1.29, 1.82) is 0 Å². The molecular weight excluding hydrogens is 482 g/mol. The molecule has 1 aliphatic rings. The Morgan fingerprint density at radius 2 is 1.67 bits per heavy atom. The molecule has 0 atom stereocenters. The lowest BCUT2D eigenvalue weighted by Gasteiger charge is -2.06. The molecule has 0 bridgehead atoms. The van der Waals surface area contributed by atoms with Crippen LogP contribution in [0.15, 0.2) is 53.6 Å². The largest absolute Gasteiger partial charge is 0.465 e. The highest BCUT2D eigenvalue weighted by molar-refractivity contribution is 7.17. The number of rotatable bonds is 6. The molecule has 2 N–H and O–H groups in total. The minimum atomic E-state index is -0.987. The van der Waals surface area contributed by atoms with Crippen LogP contribution in [0.4, 0.5) is 5.00 Å². The van der Waals surface area contributed by atoms with E-state index in [4.69, 9.17) is 9.47 Å². The van der Waals surface area contributed by atoms with E-state index >= 15 is 0 Å². The van der Waals surface area contributed by atoms with Gasteiger partial charge in [0.15, 0.2) is 0 Å². The van der Waals surface area contributed by atoms with Crippen molar-refractivity contribution in [2.45, 2.75) is 26.2 Å². The Bertz CT molecular complexity index is 1340. The maximum atomic E-state index is 12.3. The van der Waals surface area contributed by atoms with Gasteiger partial charge in [0.05, 0.1) is 24.5 Å². The summed E-state index contributed by atoms with van der Waals surface area (Å²) in [5, 5.41) is 6.58. The van der Waals surface area contributed by atoms with Gasteiger partial charge in [-0.15, -0.1) is 11.3 Å². The summed E-state index contributed by atoms with van der Waals surface area (Å²) in [5.74, 6) is -2.60. The number of esters is 2. The van der Waals surface area contributed by atoms with Crippen LogP contribution in [-0.2, 0) is 27.2 Å². The van der Waals surface area contributed by atoms with E-state index < -0.39 is 23.8 Å². The fourth-order valence-corrected chi connectivity index (χ4v) is 4.94. The number of carbonyl (C=O) groups is 4. The number of anilines is 1. The maximum Gasteiger partial charge on any atom is 0.343 e. The minimum absolute atomic E-state index is 0.298. The normalized spacial score (nSPS) is 12.2. The second-order valence-corrected chi connectivity index (χ2v) is 9.14. The highest BCUT2D eigenvalue weighted by atomic mass is 32.1. The lowest BCUT2D eigenvalue weighted by molar-refractivity contribution is -0.136. The Morgan fingerprint density at radius 3 is 2.36 bits per heavy atom. The van der Waals surface area contributed by atoms with Crippen LogP contribution in [-0.4, -0.2) is 37.1 Å². The van der Waals surface area contributed by atoms with E-state index in [1.807, 2.05) is 19.1 Å². The van der Waals surface area contributed by atoms with Gasteiger partial charge in [0.2, 0.25) is 0 Å². The Balaban J connectivity index is 1.31. The molecular formula is C26H23N3O6S. The number of benzene rings is 2. The molecule has 2 aromatic carbocycles. The van der Waals surface area contributed by atoms with Crippen LogP contribution in [0.3, 0.4) is 0 Å². The molecule has 1 aliphatic carbocycles. The molecule has 0 spiro atoms. The number of ether oxygens (including phenoxy) is 2. The van der Waals surface area contributed by atoms with Crippen molar-refractivity contribution in [1.82, 2.24) is 5.43 Å². The molecule has 0 saturated carbocycles. The molecule has 0 aliphatic heterocycles. The van der Waals surface area contributed by atoms with E-state index in [-0.39, 0.29) is 0 Å². The zero-order chi connectivity index (χ0) is 25.7. The Labute approximate surface area is 211 Å². The Kier molecular flexibility index (Phi) is 7.55. The third kappa shape index (κ3) is 5.66. The summed E-state index contributed by atoms with van der Waals surface area (Å²) in [6, 6.07) is 13.5. The monoisotopic (exact) mass is 505 g/mol. The average molecular weight is 506 g/mol.